The van der Waals surface area contributed by atoms with Gasteiger partial charge in [0.25, 0.3) is 0 Å². The second-order valence-electron chi connectivity index (χ2n) is 9.36. The maximum atomic E-state index is 11.8. The molecule has 2 saturated carbocycles. The molecule has 0 aromatic heterocycles. The van der Waals surface area contributed by atoms with E-state index >= 15 is 0 Å². The molecule has 0 bridgehead atoms. The maximum Gasteiger partial charge on any atom is 0.336 e. The van der Waals surface area contributed by atoms with E-state index in [-0.39, 0.29) is 23.4 Å². The molecule has 3 aliphatic rings. The summed E-state index contributed by atoms with van der Waals surface area (Å²) in [6, 6.07) is 0. The van der Waals surface area contributed by atoms with E-state index in [2.05, 4.69) is 27.4 Å². The number of rotatable bonds is 3. The van der Waals surface area contributed by atoms with E-state index in [1.54, 1.807) is 0 Å². The monoisotopic (exact) mass is 362 g/mol. The summed E-state index contributed by atoms with van der Waals surface area (Å²) in [7, 11) is 0. The van der Waals surface area contributed by atoms with Crippen molar-refractivity contribution in [1.29, 1.82) is 0 Å². The zero-order chi connectivity index (χ0) is 19.3. The summed E-state index contributed by atoms with van der Waals surface area (Å²) in [6.45, 7) is 13.2. The first kappa shape index (κ1) is 19.6. The minimum atomic E-state index is -0.809. The molecule has 4 heteroatoms. The Balaban J connectivity index is 1.92. The minimum Gasteiger partial charge on any atom is -0.459 e. The Kier molecular flexibility index (Phi) is 4.90. The second kappa shape index (κ2) is 6.49. The molecule has 1 heterocycles. The number of fused-ring (bicyclic) bond motifs is 1. The molecule has 1 aliphatic heterocycles. The van der Waals surface area contributed by atoms with Crippen LogP contribution in [-0.4, -0.2) is 34.5 Å². The highest BCUT2D eigenvalue weighted by molar-refractivity contribution is 5.91. The van der Waals surface area contributed by atoms with E-state index in [0.29, 0.717) is 17.9 Å². The second-order valence-corrected chi connectivity index (χ2v) is 9.36. The van der Waals surface area contributed by atoms with Gasteiger partial charge in [0, 0.05) is 0 Å². The van der Waals surface area contributed by atoms with Gasteiger partial charge in [0.15, 0.2) is 0 Å². The molecule has 2 N–H and O–H groups in total. The van der Waals surface area contributed by atoms with Crippen LogP contribution in [0.5, 0.6) is 0 Å². The van der Waals surface area contributed by atoms with Crippen LogP contribution >= 0.6 is 0 Å². The third-order valence-electron chi connectivity index (χ3n) is 8.26. The molecule has 0 aromatic rings. The largest absolute Gasteiger partial charge is 0.459 e. The van der Waals surface area contributed by atoms with Crippen LogP contribution in [0.1, 0.15) is 66.2 Å². The summed E-state index contributed by atoms with van der Waals surface area (Å²) in [5.41, 5.74) is 0.898. The van der Waals surface area contributed by atoms with Crippen molar-refractivity contribution in [3.8, 4) is 0 Å². The molecule has 0 spiro atoms. The van der Waals surface area contributed by atoms with E-state index in [9.17, 15) is 15.0 Å². The Hall–Kier alpha value is -1.13. The van der Waals surface area contributed by atoms with Gasteiger partial charge in [0.05, 0.1) is 11.2 Å². The molecule has 26 heavy (non-hydrogen) atoms. The van der Waals surface area contributed by atoms with Gasteiger partial charge in [-0.3, -0.25) is 0 Å². The number of esters is 1. The summed E-state index contributed by atoms with van der Waals surface area (Å²) >= 11 is 0. The Labute approximate surface area is 157 Å². The van der Waals surface area contributed by atoms with Gasteiger partial charge in [0.2, 0.25) is 0 Å². The third-order valence-corrected chi connectivity index (χ3v) is 8.26. The first-order valence-corrected chi connectivity index (χ1v) is 10.0. The number of cyclic esters (lactones) is 1. The van der Waals surface area contributed by atoms with E-state index in [0.717, 1.165) is 32.1 Å². The summed E-state index contributed by atoms with van der Waals surface area (Å²) in [4.78, 5) is 11.8. The molecule has 6 atom stereocenters. The Morgan fingerprint density at radius 1 is 1.31 bits per heavy atom. The summed E-state index contributed by atoms with van der Waals surface area (Å²) in [6.07, 6.45) is 6.49. The number of hydrogen-bond acceptors (Lipinski definition) is 4. The van der Waals surface area contributed by atoms with E-state index in [4.69, 9.17) is 4.74 Å². The minimum absolute atomic E-state index is 0.0485. The maximum absolute atomic E-state index is 11.8. The number of aliphatic hydroxyl groups is 2. The van der Waals surface area contributed by atoms with Crippen molar-refractivity contribution in [1.82, 2.24) is 0 Å². The molecule has 0 amide bonds. The number of hydrogen-bond donors (Lipinski definition) is 2. The van der Waals surface area contributed by atoms with Crippen molar-refractivity contribution >= 4 is 5.97 Å². The molecule has 3 fully saturated rings. The Bertz CT molecular complexity index is 634. The van der Waals surface area contributed by atoms with Crippen molar-refractivity contribution < 1.29 is 19.7 Å². The van der Waals surface area contributed by atoms with Crippen molar-refractivity contribution in [3.05, 3.63) is 23.8 Å². The molecular weight excluding hydrogens is 328 g/mol. The van der Waals surface area contributed by atoms with Crippen molar-refractivity contribution in [2.75, 3.05) is 6.61 Å². The van der Waals surface area contributed by atoms with E-state index in [1.807, 2.05) is 13.0 Å². The highest BCUT2D eigenvalue weighted by Gasteiger charge is 2.60. The highest BCUT2D eigenvalue weighted by Crippen LogP contribution is 2.65. The molecular formula is C22H34O4. The molecule has 1 unspecified atom stereocenters. The SMILES string of the molecule is C=C1CC[C@H]2[C@@](C)(CCC(C)(O)[C@@]2(C)CC)[C@@H]1C/C=C1/C(=O)OC[C@H]1O. The summed E-state index contributed by atoms with van der Waals surface area (Å²) in [5, 5.41) is 21.1. The lowest BCUT2D eigenvalue weighted by Crippen LogP contribution is -2.60. The van der Waals surface area contributed by atoms with Crippen molar-refractivity contribution in [2.45, 2.75) is 77.9 Å². The van der Waals surface area contributed by atoms with Crippen LogP contribution in [0.15, 0.2) is 23.8 Å². The summed E-state index contributed by atoms with van der Waals surface area (Å²) in [5.74, 6) is 0.278. The average molecular weight is 363 g/mol. The third kappa shape index (κ3) is 2.77. The van der Waals surface area contributed by atoms with Gasteiger partial charge in [-0.05, 0) is 68.1 Å². The van der Waals surface area contributed by atoms with E-state index < -0.39 is 17.7 Å². The van der Waals surface area contributed by atoms with Gasteiger partial charge in [-0.15, -0.1) is 0 Å². The zero-order valence-electron chi connectivity index (χ0n) is 16.7. The van der Waals surface area contributed by atoms with Crippen LogP contribution in [0.25, 0.3) is 0 Å². The smallest absolute Gasteiger partial charge is 0.336 e. The fraction of sp³-hybridized carbons (Fsp3) is 0.773. The van der Waals surface area contributed by atoms with Crippen LogP contribution in [0.2, 0.25) is 0 Å². The fourth-order valence-electron chi connectivity index (χ4n) is 6.10. The van der Waals surface area contributed by atoms with Crippen LogP contribution < -0.4 is 0 Å². The lowest BCUT2D eigenvalue weighted by molar-refractivity contribution is -0.188. The molecule has 4 nitrogen and oxygen atoms in total. The molecule has 0 radical (unpaired) electrons. The van der Waals surface area contributed by atoms with Crippen LogP contribution in [0, 0.1) is 22.7 Å². The van der Waals surface area contributed by atoms with Crippen molar-refractivity contribution in [3.63, 3.8) is 0 Å². The number of ether oxygens (including phenoxy) is 1. The predicted octanol–water partition coefficient (Wildman–Crippen LogP) is 3.77. The topological polar surface area (TPSA) is 66.8 Å². The first-order valence-electron chi connectivity index (χ1n) is 10.0. The lowest BCUT2D eigenvalue weighted by atomic mass is 9.43. The quantitative estimate of drug-likeness (QED) is 0.456. The normalized spacial score (nSPS) is 47.8. The summed E-state index contributed by atoms with van der Waals surface area (Å²) < 4.78 is 4.94. The van der Waals surface area contributed by atoms with Gasteiger partial charge in [-0.2, -0.15) is 0 Å². The predicted molar refractivity (Wildman–Crippen MR) is 101 cm³/mol. The van der Waals surface area contributed by atoms with Gasteiger partial charge in [-0.25, -0.2) is 4.79 Å². The van der Waals surface area contributed by atoms with Crippen molar-refractivity contribution in [2.24, 2.45) is 22.7 Å². The highest BCUT2D eigenvalue weighted by atomic mass is 16.6. The molecule has 3 rings (SSSR count). The molecule has 0 aromatic carbocycles. The number of aliphatic hydroxyl groups excluding tert-OH is 1. The zero-order valence-corrected chi connectivity index (χ0v) is 16.7. The fourth-order valence-corrected chi connectivity index (χ4v) is 6.10. The molecule has 2 aliphatic carbocycles. The van der Waals surface area contributed by atoms with Gasteiger partial charge >= 0.3 is 5.97 Å². The van der Waals surface area contributed by atoms with Gasteiger partial charge in [0.1, 0.15) is 12.7 Å². The van der Waals surface area contributed by atoms with Gasteiger partial charge < -0.3 is 14.9 Å². The number of carbonyl (C=O) groups excluding carboxylic acids is 1. The lowest BCUT2D eigenvalue weighted by Gasteiger charge is -2.63. The first-order chi connectivity index (χ1) is 12.1. The molecule has 1 saturated heterocycles. The van der Waals surface area contributed by atoms with Crippen LogP contribution in [-0.2, 0) is 9.53 Å². The van der Waals surface area contributed by atoms with Crippen LogP contribution in [0.4, 0.5) is 0 Å². The molecule has 146 valence electrons. The Morgan fingerprint density at radius 3 is 2.58 bits per heavy atom. The van der Waals surface area contributed by atoms with Gasteiger partial charge in [-0.1, -0.05) is 39.0 Å². The van der Waals surface area contributed by atoms with Crippen LogP contribution in [0.3, 0.4) is 0 Å². The average Bonchev–Trinajstić information content (AvgIpc) is 2.90. The van der Waals surface area contributed by atoms with E-state index in [1.165, 1.54) is 5.57 Å². The standard InChI is InChI=1S/C22H34O4/c1-6-21(4)18-10-7-14(2)16(20(18,3)11-12-22(21,5)25)9-8-15-17(23)13-26-19(15)24/h8,16-18,23,25H,2,6-7,9-13H2,1,3-5H3/b15-8+/t16-,17-,18+,20+,21+,22?/m1/s1. The number of allylic oxidation sites excluding steroid dienone is 2. The Morgan fingerprint density at radius 2 is 2.00 bits per heavy atom. The number of carbonyl (C=O) groups is 1.